The Morgan fingerprint density at radius 1 is 1.10 bits per heavy atom. The molecule has 1 atom stereocenters. The minimum Gasteiger partial charge on any atom is -0.497 e. The van der Waals surface area contributed by atoms with Crippen LogP contribution in [0.15, 0.2) is 53.5 Å². The molecular weight excluding hydrogens is 507 g/mol. The van der Waals surface area contributed by atoms with E-state index < -0.39 is 0 Å². The second-order valence-corrected chi connectivity index (χ2v) is 7.12. The Bertz CT molecular complexity index is 831. The SMILES string of the molecule is CCNC(=NCCc1ccc(Oc2ccc(OC)cc2)cc1)NC1CCC(=O)NC1.I. The van der Waals surface area contributed by atoms with Crippen LogP contribution in [0, 0.1) is 0 Å². The maximum Gasteiger partial charge on any atom is 0.220 e. The molecule has 3 rings (SSSR count). The molecule has 7 nitrogen and oxygen atoms in total. The van der Waals surface area contributed by atoms with Gasteiger partial charge in [-0.05, 0) is 61.7 Å². The van der Waals surface area contributed by atoms with Gasteiger partial charge in [0.15, 0.2) is 5.96 Å². The summed E-state index contributed by atoms with van der Waals surface area (Å²) < 4.78 is 11.0. The third kappa shape index (κ3) is 8.28. The van der Waals surface area contributed by atoms with Crippen molar-refractivity contribution in [2.45, 2.75) is 32.2 Å². The molecule has 0 saturated carbocycles. The summed E-state index contributed by atoms with van der Waals surface area (Å²) in [5.41, 5.74) is 1.20. The number of nitrogens with one attached hydrogen (secondary N) is 3. The first-order valence-electron chi connectivity index (χ1n) is 10.4. The van der Waals surface area contributed by atoms with Crippen molar-refractivity contribution < 1.29 is 14.3 Å². The second kappa shape index (κ2) is 13.0. The largest absolute Gasteiger partial charge is 0.497 e. The highest BCUT2D eigenvalue weighted by molar-refractivity contribution is 14.0. The molecule has 0 aliphatic carbocycles. The molecule has 1 fully saturated rings. The lowest BCUT2D eigenvalue weighted by Crippen LogP contribution is -2.51. The summed E-state index contributed by atoms with van der Waals surface area (Å²) in [5, 5.41) is 9.56. The smallest absolute Gasteiger partial charge is 0.220 e. The van der Waals surface area contributed by atoms with Crippen LogP contribution in [0.4, 0.5) is 0 Å². The number of carbonyl (C=O) groups is 1. The normalized spacial score (nSPS) is 16.0. The molecule has 31 heavy (non-hydrogen) atoms. The van der Waals surface area contributed by atoms with Crippen LogP contribution in [0.25, 0.3) is 0 Å². The van der Waals surface area contributed by atoms with Gasteiger partial charge in [-0.3, -0.25) is 9.79 Å². The van der Waals surface area contributed by atoms with Crippen molar-refractivity contribution in [1.82, 2.24) is 16.0 Å². The number of nitrogens with zero attached hydrogens (tertiary/aromatic N) is 1. The van der Waals surface area contributed by atoms with Gasteiger partial charge < -0.3 is 25.4 Å². The Balaban J connectivity index is 0.00000341. The fourth-order valence-corrected chi connectivity index (χ4v) is 3.17. The fraction of sp³-hybridized carbons (Fsp3) is 0.391. The molecule has 1 amide bonds. The van der Waals surface area contributed by atoms with E-state index in [-0.39, 0.29) is 35.9 Å². The zero-order valence-corrected chi connectivity index (χ0v) is 20.3. The van der Waals surface area contributed by atoms with Gasteiger partial charge >= 0.3 is 0 Å². The first kappa shape index (κ1) is 24.8. The Labute approximate surface area is 201 Å². The molecule has 0 radical (unpaired) electrons. The van der Waals surface area contributed by atoms with E-state index in [1.54, 1.807) is 7.11 Å². The number of hydrogen-bond donors (Lipinski definition) is 3. The Hall–Kier alpha value is -2.49. The van der Waals surface area contributed by atoms with Crippen molar-refractivity contribution >= 4 is 35.8 Å². The summed E-state index contributed by atoms with van der Waals surface area (Å²) in [5.74, 6) is 3.28. The minimum absolute atomic E-state index is 0. The number of amides is 1. The highest BCUT2D eigenvalue weighted by Crippen LogP contribution is 2.24. The number of aliphatic imine (C=N–C) groups is 1. The topological polar surface area (TPSA) is 84.0 Å². The van der Waals surface area contributed by atoms with E-state index in [1.165, 1.54) is 5.56 Å². The molecule has 8 heteroatoms. The van der Waals surface area contributed by atoms with Gasteiger partial charge in [0.2, 0.25) is 5.91 Å². The first-order chi connectivity index (χ1) is 14.7. The average molecular weight is 538 g/mol. The van der Waals surface area contributed by atoms with Crippen molar-refractivity contribution in [2.75, 3.05) is 26.7 Å². The molecule has 1 aliphatic heterocycles. The van der Waals surface area contributed by atoms with Gasteiger partial charge in [0.05, 0.1) is 7.11 Å². The number of guanidine groups is 1. The molecule has 3 N–H and O–H groups in total. The summed E-state index contributed by atoms with van der Waals surface area (Å²) >= 11 is 0. The Morgan fingerprint density at radius 3 is 2.32 bits per heavy atom. The van der Waals surface area contributed by atoms with E-state index >= 15 is 0 Å². The molecule has 1 unspecified atom stereocenters. The molecule has 2 aromatic rings. The van der Waals surface area contributed by atoms with E-state index in [4.69, 9.17) is 9.47 Å². The Morgan fingerprint density at radius 2 is 1.74 bits per heavy atom. The van der Waals surface area contributed by atoms with E-state index in [2.05, 4.69) is 33.1 Å². The van der Waals surface area contributed by atoms with Gasteiger partial charge in [0.1, 0.15) is 17.2 Å². The van der Waals surface area contributed by atoms with Crippen LogP contribution in [0.2, 0.25) is 0 Å². The number of ether oxygens (including phenoxy) is 2. The van der Waals surface area contributed by atoms with Gasteiger partial charge in [0.25, 0.3) is 0 Å². The minimum atomic E-state index is 0. The van der Waals surface area contributed by atoms with Crippen LogP contribution >= 0.6 is 24.0 Å². The molecule has 0 bridgehead atoms. The van der Waals surface area contributed by atoms with Crippen molar-refractivity contribution in [1.29, 1.82) is 0 Å². The molecule has 0 spiro atoms. The van der Waals surface area contributed by atoms with Gasteiger partial charge in [-0.15, -0.1) is 24.0 Å². The zero-order valence-electron chi connectivity index (χ0n) is 18.0. The Kier molecular flexibility index (Phi) is 10.4. The van der Waals surface area contributed by atoms with Gasteiger partial charge in [-0.25, -0.2) is 0 Å². The van der Waals surface area contributed by atoms with Crippen LogP contribution in [-0.2, 0) is 11.2 Å². The predicted molar refractivity (Wildman–Crippen MR) is 134 cm³/mol. The summed E-state index contributed by atoms with van der Waals surface area (Å²) in [7, 11) is 1.64. The van der Waals surface area contributed by atoms with Crippen LogP contribution in [0.1, 0.15) is 25.3 Å². The third-order valence-electron chi connectivity index (χ3n) is 4.84. The number of benzene rings is 2. The monoisotopic (exact) mass is 538 g/mol. The number of hydrogen-bond acceptors (Lipinski definition) is 4. The standard InChI is InChI=1S/C23H30N4O3.HI/c1-3-24-23(27-18-6-13-22(28)26-16-18)25-15-14-17-4-7-20(8-5-17)30-21-11-9-19(29-2)10-12-21;/h4-5,7-12,18H,3,6,13-16H2,1-2H3,(H,26,28)(H2,24,25,27);1H. The molecule has 1 aliphatic rings. The molecule has 1 heterocycles. The molecule has 1 saturated heterocycles. The summed E-state index contributed by atoms with van der Waals surface area (Å²) in [6.07, 6.45) is 2.22. The van der Waals surface area contributed by atoms with E-state index in [1.807, 2.05) is 43.3 Å². The fourth-order valence-electron chi connectivity index (χ4n) is 3.17. The number of methoxy groups -OCH3 is 1. The van der Waals surface area contributed by atoms with E-state index in [0.717, 1.165) is 42.6 Å². The van der Waals surface area contributed by atoms with E-state index in [9.17, 15) is 4.79 Å². The highest BCUT2D eigenvalue weighted by atomic mass is 127. The number of piperidine rings is 1. The van der Waals surface area contributed by atoms with Crippen molar-refractivity contribution in [2.24, 2.45) is 4.99 Å². The van der Waals surface area contributed by atoms with Crippen LogP contribution in [-0.4, -0.2) is 44.7 Å². The molecule has 2 aromatic carbocycles. The summed E-state index contributed by atoms with van der Waals surface area (Å²) in [4.78, 5) is 16.0. The number of carbonyl (C=O) groups excluding carboxylic acids is 1. The quantitative estimate of drug-likeness (QED) is 0.273. The molecule has 0 aromatic heterocycles. The number of rotatable bonds is 8. The summed E-state index contributed by atoms with van der Waals surface area (Å²) in [6, 6.07) is 15.8. The lowest BCUT2D eigenvalue weighted by Gasteiger charge is -2.25. The van der Waals surface area contributed by atoms with Crippen LogP contribution in [0.3, 0.4) is 0 Å². The second-order valence-electron chi connectivity index (χ2n) is 7.12. The highest BCUT2D eigenvalue weighted by Gasteiger charge is 2.18. The van der Waals surface area contributed by atoms with Gasteiger partial charge in [-0.1, -0.05) is 12.1 Å². The zero-order chi connectivity index (χ0) is 21.2. The lowest BCUT2D eigenvalue weighted by molar-refractivity contribution is -0.122. The lowest BCUT2D eigenvalue weighted by atomic mass is 10.1. The maximum absolute atomic E-state index is 11.3. The van der Waals surface area contributed by atoms with Crippen molar-refractivity contribution in [3.8, 4) is 17.2 Å². The van der Waals surface area contributed by atoms with Crippen LogP contribution in [0.5, 0.6) is 17.2 Å². The number of halogens is 1. The molecule has 168 valence electrons. The van der Waals surface area contributed by atoms with Crippen LogP contribution < -0.4 is 25.4 Å². The average Bonchev–Trinajstić information content (AvgIpc) is 2.77. The molecular formula is C23H31IN4O3. The van der Waals surface area contributed by atoms with Crippen molar-refractivity contribution in [3.05, 3.63) is 54.1 Å². The van der Waals surface area contributed by atoms with Gasteiger partial charge in [0, 0.05) is 32.1 Å². The first-order valence-corrected chi connectivity index (χ1v) is 10.4. The third-order valence-corrected chi connectivity index (χ3v) is 4.84. The van der Waals surface area contributed by atoms with E-state index in [0.29, 0.717) is 19.5 Å². The predicted octanol–water partition coefficient (Wildman–Crippen LogP) is 3.48. The van der Waals surface area contributed by atoms with Gasteiger partial charge in [-0.2, -0.15) is 0 Å². The van der Waals surface area contributed by atoms with Crippen molar-refractivity contribution in [3.63, 3.8) is 0 Å². The maximum atomic E-state index is 11.3. The summed E-state index contributed by atoms with van der Waals surface area (Å²) in [6.45, 7) is 4.15.